The van der Waals surface area contributed by atoms with Crippen molar-refractivity contribution in [2.24, 2.45) is 5.73 Å². The molecule has 0 bridgehead atoms. The first-order chi connectivity index (χ1) is 7.70. The molecule has 5 nitrogen and oxygen atoms in total. The van der Waals surface area contributed by atoms with Gasteiger partial charge in [-0.25, -0.2) is 9.97 Å². The average molecular weight is 222 g/mol. The molecule has 16 heavy (non-hydrogen) atoms. The number of fused-ring (bicyclic) bond motifs is 1. The van der Waals surface area contributed by atoms with Crippen LogP contribution >= 0.6 is 0 Å². The Morgan fingerprint density at radius 2 is 2.31 bits per heavy atom. The predicted molar refractivity (Wildman–Crippen MR) is 62.3 cm³/mol. The van der Waals surface area contributed by atoms with Gasteiger partial charge in [0.2, 0.25) is 5.95 Å². The van der Waals surface area contributed by atoms with E-state index in [1.807, 2.05) is 13.8 Å². The monoisotopic (exact) mass is 222 g/mol. The van der Waals surface area contributed by atoms with Gasteiger partial charge in [0.25, 0.3) is 0 Å². The molecule has 1 aromatic heterocycles. The quantitative estimate of drug-likeness (QED) is 0.784. The number of nitrogens with one attached hydrogen (secondary N) is 1. The minimum atomic E-state index is 0.192. The number of ether oxygens (including phenoxy) is 1. The maximum absolute atomic E-state index is 5.56. The van der Waals surface area contributed by atoms with E-state index in [1.54, 1.807) is 0 Å². The van der Waals surface area contributed by atoms with Crippen LogP contribution in [-0.2, 0) is 17.8 Å². The molecule has 0 saturated carbocycles. The Hall–Kier alpha value is -1.20. The largest absolute Gasteiger partial charge is 0.376 e. The molecule has 1 aliphatic heterocycles. The zero-order valence-corrected chi connectivity index (χ0v) is 9.79. The van der Waals surface area contributed by atoms with Crippen molar-refractivity contribution in [3.05, 3.63) is 17.0 Å². The van der Waals surface area contributed by atoms with E-state index in [1.165, 1.54) is 0 Å². The topological polar surface area (TPSA) is 73.1 Å². The molecule has 2 rings (SSSR count). The highest BCUT2D eigenvalue weighted by molar-refractivity contribution is 5.35. The number of hydrogen-bond acceptors (Lipinski definition) is 5. The molecule has 0 amide bonds. The van der Waals surface area contributed by atoms with Crippen LogP contribution in [0.1, 0.15) is 23.9 Å². The lowest BCUT2D eigenvalue weighted by Crippen LogP contribution is -2.27. The fraction of sp³-hybridized carbons (Fsp3) is 0.636. The van der Waals surface area contributed by atoms with E-state index in [4.69, 9.17) is 10.5 Å². The van der Waals surface area contributed by atoms with Crippen molar-refractivity contribution in [3.8, 4) is 0 Å². The van der Waals surface area contributed by atoms with Crippen LogP contribution in [-0.4, -0.2) is 29.2 Å². The van der Waals surface area contributed by atoms with E-state index in [0.29, 0.717) is 19.1 Å². The molecular weight excluding hydrogens is 204 g/mol. The van der Waals surface area contributed by atoms with E-state index in [0.717, 1.165) is 30.0 Å². The normalized spacial score (nSPS) is 16.7. The third-order valence-corrected chi connectivity index (χ3v) is 2.76. The van der Waals surface area contributed by atoms with Gasteiger partial charge in [0.05, 0.1) is 18.9 Å². The number of nitrogens with two attached hydrogens (primary N) is 1. The van der Waals surface area contributed by atoms with Crippen molar-refractivity contribution >= 4 is 5.95 Å². The molecule has 5 heteroatoms. The summed E-state index contributed by atoms with van der Waals surface area (Å²) in [5.74, 6) is 0.677. The Morgan fingerprint density at radius 1 is 1.50 bits per heavy atom. The van der Waals surface area contributed by atoms with E-state index >= 15 is 0 Å². The van der Waals surface area contributed by atoms with E-state index in [-0.39, 0.29) is 6.04 Å². The SMILES string of the molecule is Cc1nc(NC(C)CN)nc2c1COCC2. The van der Waals surface area contributed by atoms with Gasteiger partial charge >= 0.3 is 0 Å². The second kappa shape index (κ2) is 4.76. The van der Waals surface area contributed by atoms with E-state index in [9.17, 15) is 0 Å². The van der Waals surface area contributed by atoms with Gasteiger partial charge in [0, 0.05) is 30.3 Å². The Morgan fingerprint density at radius 3 is 3.06 bits per heavy atom. The van der Waals surface area contributed by atoms with Gasteiger partial charge in [-0.2, -0.15) is 0 Å². The first-order valence-electron chi connectivity index (χ1n) is 5.61. The minimum Gasteiger partial charge on any atom is -0.376 e. The highest BCUT2D eigenvalue weighted by Gasteiger charge is 2.16. The summed E-state index contributed by atoms with van der Waals surface area (Å²) in [5.41, 5.74) is 8.79. The molecule has 88 valence electrons. The van der Waals surface area contributed by atoms with Crippen LogP contribution in [0.3, 0.4) is 0 Å². The lowest BCUT2D eigenvalue weighted by Gasteiger charge is -2.19. The molecule has 0 aromatic carbocycles. The van der Waals surface area contributed by atoms with Gasteiger partial charge in [0.15, 0.2) is 0 Å². The molecule has 3 N–H and O–H groups in total. The van der Waals surface area contributed by atoms with Gasteiger partial charge < -0.3 is 15.8 Å². The average Bonchev–Trinajstić information content (AvgIpc) is 2.29. The van der Waals surface area contributed by atoms with Gasteiger partial charge in [-0.15, -0.1) is 0 Å². The summed E-state index contributed by atoms with van der Waals surface area (Å²) in [6, 6.07) is 0.192. The van der Waals surface area contributed by atoms with Crippen LogP contribution in [0.2, 0.25) is 0 Å². The Balaban J connectivity index is 2.24. The smallest absolute Gasteiger partial charge is 0.223 e. The first kappa shape index (κ1) is 11.3. The van der Waals surface area contributed by atoms with Crippen LogP contribution in [0, 0.1) is 6.92 Å². The number of hydrogen-bond donors (Lipinski definition) is 2. The first-order valence-corrected chi connectivity index (χ1v) is 5.61. The van der Waals surface area contributed by atoms with Crippen LogP contribution < -0.4 is 11.1 Å². The van der Waals surface area contributed by atoms with E-state index < -0.39 is 0 Å². The van der Waals surface area contributed by atoms with Gasteiger partial charge in [-0.1, -0.05) is 0 Å². The summed E-state index contributed by atoms with van der Waals surface area (Å²) in [4.78, 5) is 8.92. The highest BCUT2D eigenvalue weighted by atomic mass is 16.5. The zero-order valence-electron chi connectivity index (χ0n) is 9.79. The van der Waals surface area contributed by atoms with Crippen molar-refractivity contribution in [2.45, 2.75) is 32.9 Å². The summed E-state index contributed by atoms with van der Waals surface area (Å²) < 4.78 is 5.40. The summed E-state index contributed by atoms with van der Waals surface area (Å²) in [7, 11) is 0. The van der Waals surface area contributed by atoms with E-state index in [2.05, 4.69) is 15.3 Å². The Kier molecular flexibility index (Phi) is 3.36. The highest BCUT2D eigenvalue weighted by Crippen LogP contribution is 2.19. The molecule has 2 heterocycles. The lowest BCUT2D eigenvalue weighted by molar-refractivity contribution is 0.108. The molecule has 0 radical (unpaired) electrons. The maximum atomic E-state index is 5.56. The lowest BCUT2D eigenvalue weighted by atomic mass is 10.1. The molecule has 1 atom stereocenters. The number of aryl methyl sites for hydroxylation is 1. The van der Waals surface area contributed by atoms with Gasteiger partial charge in [-0.05, 0) is 13.8 Å². The Bertz CT molecular complexity index is 380. The van der Waals surface area contributed by atoms with Gasteiger partial charge in [0.1, 0.15) is 0 Å². The zero-order chi connectivity index (χ0) is 11.5. The molecule has 1 aromatic rings. The number of anilines is 1. The van der Waals surface area contributed by atoms with Crippen molar-refractivity contribution in [2.75, 3.05) is 18.5 Å². The van der Waals surface area contributed by atoms with Crippen LogP contribution in [0.25, 0.3) is 0 Å². The van der Waals surface area contributed by atoms with Crippen molar-refractivity contribution in [1.82, 2.24) is 9.97 Å². The predicted octanol–water partition coefficient (Wildman–Crippen LogP) is 0.617. The molecule has 0 aliphatic carbocycles. The molecule has 0 fully saturated rings. The Labute approximate surface area is 95.4 Å². The molecule has 1 aliphatic rings. The van der Waals surface area contributed by atoms with Crippen LogP contribution in [0.15, 0.2) is 0 Å². The van der Waals surface area contributed by atoms with Crippen LogP contribution in [0.4, 0.5) is 5.95 Å². The molecule has 0 spiro atoms. The van der Waals surface area contributed by atoms with Crippen LogP contribution in [0.5, 0.6) is 0 Å². The second-order valence-electron chi connectivity index (χ2n) is 4.14. The maximum Gasteiger partial charge on any atom is 0.223 e. The van der Waals surface area contributed by atoms with Crippen molar-refractivity contribution in [1.29, 1.82) is 0 Å². The number of rotatable bonds is 3. The standard InChI is InChI=1S/C11H18N4O/c1-7(5-12)13-11-14-8(2)9-6-16-4-3-10(9)15-11/h7H,3-6,12H2,1-2H3,(H,13,14,15). The number of aromatic nitrogens is 2. The van der Waals surface area contributed by atoms with Gasteiger partial charge in [-0.3, -0.25) is 0 Å². The second-order valence-corrected chi connectivity index (χ2v) is 4.14. The fourth-order valence-electron chi connectivity index (χ4n) is 1.74. The minimum absolute atomic E-state index is 0.192. The number of nitrogens with zero attached hydrogens (tertiary/aromatic N) is 2. The third kappa shape index (κ3) is 2.31. The van der Waals surface area contributed by atoms with Crippen molar-refractivity contribution < 1.29 is 4.74 Å². The summed E-state index contributed by atoms with van der Waals surface area (Å²) in [5, 5.41) is 3.19. The molecule has 0 saturated heterocycles. The summed E-state index contributed by atoms with van der Waals surface area (Å²) in [6.45, 7) is 5.96. The fourth-order valence-corrected chi connectivity index (χ4v) is 1.74. The third-order valence-electron chi connectivity index (χ3n) is 2.76. The summed E-state index contributed by atoms with van der Waals surface area (Å²) in [6.07, 6.45) is 0.865. The molecular formula is C11H18N4O. The van der Waals surface area contributed by atoms with Crippen molar-refractivity contribution in [3.63, 3.8) is 0 Å². The molecule has 1 unspecified atom stereocenters. The summed E-state index contributed by atoms with van der Waals surface area (Å²) >= 11 is 0.